The molecule has 10 heteroatoms. The van der Waals surface area contributed by atoms with Crippen LogP contribution in [0.1, 0.15) is 30.8 Å². The monoisotopic (exact) mass is 443 g/mol. The zero-order valence-corrected chi connectivity index (χ0v) is 18.3. The Morgan fingerprint density at radius 3 is 2.48 bits per heavy atom. The zero-order valence-electron chi connectivity index (χ0n) is 17.4. The smallest absolute Gasteiger partial charge is 0.357 e. The van der Waals surface area contributed by atoms with Gasteiger partial charge < -0.3 is 14.4 Å². The summed E-state index contributed by atoms with van der Waals surface area (Å²) in [7, 11) is -3.71. The summed E-state index contributed by atoms with van der Waals surface area (Å²) in [6, 6.07) is 13.6. The topological polar surface area (TPSA) is 90.6 Å². The number of aromatic nitrogens is 4. The number of rotatable bonds is 8. The Labute approximate surface area is 178 Å². The second-order valence-corrected chi connectivity index (χ2v) is 9.12. The van der Waals surface area contributed by atoms with Crippen LogP contribution in [-0.2, 0) is 13.6 Å². The molecule has 1 atom stereocenters. The summed E-state index contributed by atoms with van der Waals surface area (Å²) in [6.45, 7) is 5.86. The molecule has 1 unspecified atom stereocenters. The highest BCUT2D eigenvalue weighted by atomic mass is 31.2. The maximum absolute atomic E-state index is 13.9. The number of nitrogens with zero attached hydrogens (tertiary/aromatic N) is 4. The van der Waals surface area contributed by atoms with Gasteiger partial charge in [-0.3, -0.25) is 4.57 Å². The van der Waals surface area contributed by atoms with E-state index in [2.05, 4.69) is 20.8 Å². The maximum atomic E-state index is 13.9. The summed E-state index contributed by atoms with van der Waals surface area (Å²) < 4.78 is 40.3. The van der Waals surface area contributed by atoms with Crippen molar-refractivity contribution in [3.8, 4) is 0 Å². The van der Waals surface area contributed by atoms with Gasteiger partial charge in [-0.05, 0) is 73.7 Å². The lowest BCUT2D eigenvalue weighted by atomic mass is 10.1. The van der Waals surface area contributed by atoms with E-state index >= 15 is 0 Å². The third kappa shape index (κ3) is 4.17. The van der Waals surface area contributed by atoms with Crippen LogP contribution in [0.2, 0.25) is 0 Å². The molecule has 8 nitrogen and oxygen atoms in total. The first-order valence-corrected chi connectivity index (χ1v) is 11.6. The standard InChI is InChI=1S/C21H23FN5O3P/c1-4-29-31(28,30-5-2)21(23-17-9-7-16(22)8-10-17)18-13-15-12-14(3)6-11-19(15)27-20(18)24-25-26-27/h6-13,21,23H,4-5H2,1-3H3. The molecule has 0 spiro atoms. The van der Waals surface area contributed by atoms with Gasteiger partial charge in [0.05, 0.1) is 18.7 Å². The number of nitrogens with one attached hydrogen (secondary N) is 1. The first kappa shape index (κ1) is 21.4. The molecule has 2 heterocycles. The molecule has 31 heavy (non-hydrogen) atoms. The molecule has 0 aliphatic heterocycles. The number of hydrogen-bond acceptors (Lipinski definition) is 7. The molecule has 4 aromatic rings. The van der Waals surface area contributed by atoms with E-state index in [0.717, 1.165) is 16.5 Å². The number of tetrazole rings is 1. The summed E-state index contributed by atoms with van der Waals surface area (Å²) in [5.41, 5.74) is 3.42. The highest BCUT2D eigenvalue weighted by Crippen LogP contribution is 2.61. The normalized spacial score (nSPS) is 13.0. The van der Waals surface area contributed by atoms with Gasteiger partial charge in [-0.25, -0.2) is 4.39 Å². The predicted molar refractivity (Wildman–Crippen MR) is 117 cm³/mol. The fourth-order valence-electron chi connectivity index (χ4n) is 3.52. The maximum Gasteiger partial charge on any atom is 0.357 e. The number of aryl methyl sites for hydroxylation is 1. The Morgan fingerprint density at radius 2 is 1.81 bits per heavy atom. The summed E-state index contributed by atoms with van der Waals surface area (Å²) >= 11 is 0. The third-order valence-electron chi connectivity index (χ3n) is 4.83. The van der Waals surface area contributed by atoms with Gasteiger partial charge in [0.25, 0.3) is 0 Å². The first-order chi connectivity index (χ1) is 14.9. The van der Waals surface area contributed by atoms with E-state index in [-0.39, 0.29) is 19.0 Å². The highest BCUT2D eigenvalue weighted by molar-refractivity contribution is 7.54. The number of pyridine rings is 1. The first-order valence-electron chi connectivity index (χ1n) is 9.97. The molecule has 0 bridgehead atoms. The molecule has 0 fully saturated rings. The van der Waals surface area contributed by atoms with E-state index < -0.39 is 13.4 Å². The number of halogens is 1. The summed E-state index contributed by atoms with van der Waals surface area (Å²) in [5, 5.41) is 16.2. The Morgan fingerprint density at radius 1 is 1.10 bits per heavy atom. The SMILES string of the molecule is CCOP(=O)(OCC)C(Nc1ccc(F)cc1)c1cc2cc(C)ccc2n2nnnc12. The van der Waals surface area contributed by atoms with E-state index in [0.29, 0.717) is 16.9 Å². The second-order valence-electron chi connectivity index (χ2n) is 7.01. The highest BCUT2D eigenvalue weighted by Gasteiger charge is 2.39. The summed E-state index contributed by atoms with van der Waals surface area (Å²) in [5.74, 6) is -1.29. The number of hydrogen-bond donors (Lipinski definition) is 1. The van der Waals surface area contributed by atoms with Gasteiger partial charge in [0.15, 0.2) is 11.4 Å². The average molecular weight is 443 g/mol. The van der Waals surface area contributed by atoms with Crippen molar-refractivity contribution in [1.29, 1.82) is 0 Å². The van der Waals surface area contributed by atoms with Gasteiger partial charge in [-0.2, -0.15) is 4.52 Å². The van der Waals surface area contributed by atoms with Crippen molar-refractivity contribution in [3.63, 3.8) is 0 Å². The molecule has 0 amide bonds. The van der Waals surface area contributed by atoms with Crippen LogP contribution in [0.25, 0.3) is 16.6 Å². The molecule has 1 N–H and O–H groups in total. The van der Waals surface area contributed by atoms with Crippen LogP contribution in [0.15, 0.2) is 48.5 Å². The van der Waals surface area contributed by atoms with Crippen molar-refractivity contribution < 1.29 is 18.0 Å². The minimum atomic E-state index is -3.71. The van der Waals surface area contributed by atoms with Crippen LogP contribution in [-0.4, -0.2) is 33.3 Å². The van der Waals surface area contributed by atoms with Gasteiger partial charge >= 0.3 is 7.60 Å². The summed E-state index contributed by atoms with van der Waals surface area (Å²) in [6.07, 6.45) is 0. The minimum Gasteiger partial charge on any atom is -0.368 e. The van der Waals surface area contributed by atoms with Gasteiger partial charge in [0.2, 0.25) is 0 Å². The van der Waals surface area contributed by atoms with Gasteiger partial charge in [0, 0.05) is 16.6 Å². The van der Waals surface area contributed by atoms with Crippen molar-refractivity contribution in [3.05, 3.63) is 65.5 Å². The fourth-order valence-corrected chi connectivity index (χ4v) is 5.45. The van der Waals surface area contributed by atoms with Gasteiger partial charge in [-0.1, -0.05) is 11.6 Å². The molecule has 0 saturated heterocycles. The molecular weight excluding hydrogens is 420 g/mol. The van der Waals surface area contributed by atoms with E-state index in [9.17, 15) is 8.96 Å². The summed E-state index contributed by atoms with van der Waals surface area (Å²) in [4.78, 5) is 0. The number of benzene rings is 2. The van der Waals surface area contributed by atoms with Crippen molar-refractivity contribution in [2.45, 2.75) is 26.6 Å². The molecule has 0 saturated carbocycles. The van der Waals surface area contributed by atoms with E-state index in [1.807, 2.05) is 31.2 Å². The van der Waals surface area contributed by atoms with Crippen LogP contribution < -0.4 is 5.32 Å². The van der Waals surface area contributed by atoms with E-state index in [1.165, 1.54) is 12.1 Å². The van der Waals surface area contributed by atoms with Crippen LogP contribution in [0.5, 0.6) is 0 Å². The molecule has 162 valence electrons. The molecule has 0 radical (unpaired) electrons. The van der Waals surface area contributed by atoms with Crippen molar-refractivity contribution in [1.82, 2.24) is 20.0 Å². The Kier molecular flexibility index (Phi) is 6.00. The molecule has 2 aromatic carbocycles. The Hall–Kier alpha value is -2.87. The lowest BCUT2D eigenvalue weighted by Gasteiger charge is -2.28. The quantitative estimate of drug-likeness (QED) is 0.379. The van der Waals surface area contributed by atoms with Crippen LogP contribution in [0.3, 0.4) is 0 Å². The largest absolute Gasteiger partial charge is 0.368 e. The van der Waals surface area contributed by atoms with E-state index in [1.54, 1.807) is 30.5 Å². The number of fused-ring (bicyclic) bond motifs is 3. The average Bonchev–Trinajstić information content (AvgIpc) is 3.23. The lowest BCUT2D eigenvalue weighted by Crippen LogP contribution is -2.17. The van der Waals surface area contributed by atoms with Crippen molar-refractivity contribution in [2.75, 3.05) is 18.5 Å². The minimum absolute atomic E-state index is 0.187. The van der Waals surface area contributed by atoms with Crippen LogP contribution >= 0.6 is 7.60 Å². The molecular formula is C21H23FN5O3P. The van der Waals surface area contributed by atoms with E-state index in [4.69, 9.17) is 9.05 Å². The van der Waals surface area contributed by atoms with Crippen LogP contribution in [0.4, 0.5) is 10.1 Å². The molecule has 2 aromatic heterocycles. The molecule has 0 aliphatic rings. The van der Waals surface area contributed by atoms with Gasteiger partial charge in [-0.15, -0.1) is 5.10 Å². The van der Waals surface area contributed by atoms with Crippen molar-refractivity contribution >= 4 is 29.8 Å². The predicted octanol–water partition coefficient (Wildman–Crippen LogP) is 5.10. The lowest BCUT2D eigenvalue weighted by molar-refractivity contribution is 0.214. The van der Waals surface area contributed by atoms with Gasteiger partial charge in [0.1, 0.15) is 5.82 Å². The zero-order chi connectivity index (χ0) is 22.0. The second kappa shape index (κ2) is 8.70. The van der Waals surface area contributed by atoms with Crippen molar-refractivity contribution in [2.24, 2.45) is 0 Å². The molecule has 0 aliphatic carbocycles. The molecule has 4 rings (SSSR count). The third-order valence-corrected chi connectivity index (χ3v) is 7.10. The van der Waals surface area contributed by atoms with Crippen LogP contribution in [0, 0.1) is 12.7 Å². The Balaban J connectivity index is 1.95. The Bertz CT molecular complexity index is 1250. The number of anilines is 1. The fraction of sp³-hybridized carbons (Fsp3) is 0.286.